The van der Waals surface area contributed by atoms with Crippen LogP contribution in [0.25, 0.3) is 0 Å². The van der Waals surface area contributed by atoms with E-state index in [1.165, 1.54) is 4.88 Å². The predicted octanol–water partition coefficient (Wildman–Crippen LogP) is 2.37. The fourth-order valence-corrected chi connectivity index (χ4v) is 3.66. The van der Waals surface area contributed by atoms with Gasteiger partial charge in [0, 0.05) is 16.8 Å². The van der Waals surface area contributed by atoms with Crippen molar-refractivity contribution in [1.29, 1.82) is 0 Å². The Balaban J connectivity index is 0.00000133. The zero-order chi connectivity index (χ0) is 12.9. The molecule has 3 N–H and O–H groups in total. The van der Waals surface area contributed by atoms with Gasteiger partial charge in [0.2, 0.25) is 5.91 Å². The van der Waals surface area contributed by atoms with E-state index in [0.29, 0.717) is 0 Å². The summed E-state index contributed by atoms with van der Waals surface area (Å²) >= 11 is 1.59. The molecule has 0 aliphatic heterocycles. The van der Waals surface area contributed by atoms with Crippen molar-refractivity contribution in [2.75, 3.05) is 5.32 Å². The van der Waals surface area contributed by atoms with E-state index in [9.17, 15) is 4.79 Å². The SMILES string of the molecule is CC1(C)CC1C(=O)Nc1nc2c(s1)C[C@@H](N)CC2.Cl. The largest absolute Gasteiger partial charge is 0.327 e. The average Bonchev–Trinajstić information content (AvgIpc) is 2.76. The van der Waals surface area contributed by atoms with Crippen LogP contribution in [0.3, 0.4) is 0 Å². The molecule has 1 aromatic heterocycles. The lowest BCUT2D eigenvalue weighted by Gasteiger charge is -2.15. The van der Waals surface area contributed by atoms with Gasteiger partial charge in [0.25, 0.3) is 0 Å². The summed E-state index contributed by atoms with van der Waals surface area (Å²) in [7, 11) is 0. The van der Waals surface area contributed by atoms with E-state index in [4.69, 9.17) is 5.73 Å². The van der Waals surface area contributed by atoms with Gasteiger partial charge in [0.05, 0.1) is 5.69 Å². The summed E-state index contributed by atoms with van der Waals surface area (Å²) in [6, 6.07) is 0.254. The van der Waals surface area contributed by atoms with E-state index in [0.717, 1.165) is 36.5 Å². The molecular weight excluding hydrogens is 282 g/mol. The van der Waals surface area contributed by atoms with Crippen molar-refractivity contribution in [3.05, 3.63) is 10.6 Å². The molecule has 0 saturated heterocycles. The molecule has 1 unspecified atom stereocenters. The lowest BCUT2D eigenvalue weighted by atomic mass is 9.99. The number of carbonyl (C=O) groups is 1. The van der Waals surface area contributed by atoms with E-state index < -0.39 is 0 Å². The second-order valence-corrected chi connectivity index (χ2v) is 7.21. The molecule has 1 saturated carbocycles. The average molecular weight is 302 g/mol. The highest BCUT2D eigenvalue weighted by molar-refractivity contribution is 7.15. The number of carbonyl (C=O) groups excluding carboxylic acids is 1. The number of hydrogen-bond donors (Lipinski definition) is 2. The number of aromatic nitrogens is 1. The predicted molar refractivity (Wildman–Crippen MR) is 79.9 cm³/mol. The number of nitrogens with two attached hydrogens (primary N) is 1. The maximum absolute atomic E-state index is 12.0. The first-order valence-corrected chi connectivity index (χ1v) is 7.32. The van der Waals surface area contributed by atoms with Gasteiger partial charge in [0.1, 0.15) is 0 Å². The smallest absolute Gasteiger partial charge is 0.229 e. The lowest BCUT2D eigenvalue weighted by Crippen LogP contribution is -2.27. The minimum atomic E-state index is 0. The third-order valence-electron chi connectivity index (χ3n) is 4.04. The summed E-state index contributed by atoms with van der Waals surface area (Å²) < 4.78 is 0. The van der Waals surface area contributed by atoms with Crippen LogP contribution in [-0.2, 0) is 17.6 Å². The van der Waals surface area contributed by atoms with Crippen molar-refractivity contribution in [2.45, 2.75) is 45.6 Å². The molecule has 2 atom stereocenters. The number of hydrogen-bond acceptors (Lipinski definition) is 4. The highest BCUT2D eigenvalue weighted by Crippen LogP contribution is 2.52. The molecule has 0 radical (unpaired) electrons. The fourth-order valence-electron chi connectivity index (χ4n) is 2.56. The van der Waals surface area contributed by atoms with Gasteiger partial charge in [0.15, 0.2) is 5.13 Å². The Hall–Kier alpha value is -0.650. The summed E-state index contributed by atoms with van der Waals surface area (Å²) in [5, 5.41) is 3.71. The molecule has 106 valence electrons. The number of fused-ring (bicyclic) bond motifs is 1. The Morgan fingerprint density at radius 1 is 1.53 bits per heavy atom. The van der Waals surface area contributed by atoms with Crippen LogP contribution in [0.5, 0.6) is 0 Å². The van der Waals surface area contributed by atoms with E-state index in [-0.39, 0.29) is 35.7 Å². The molecule has 2 aliphatic rings. The molecule has 0 bridgehead atoms. The number of anilines is 1. The van der Waals surface area contributed by atoms with Crippen LogP contribution in [0.4, 0.5) is 5.13 Å². The Morgan fingerprint density at radius 2 is 2.21 bits per heavy atom. The number of aryl methyl sites for hydroxylation is 1. The number of amides is 1. The molecule has 2 aliphatic carbocycles. The second kappa shape index (κ2) is 5.04. The summed E-state index contributed by atoms with van der Waals surface area (Å²) in [6.07, 6.45) is 3.82. The molecule has 1 fully saturated rings. The van der Waals surface area contributed by atoms with Crippen LogP contribution >= 0.6 is 23.7 Å². The van der Waals surface area contributed by atoms with Gasteiger partial charge in [-0.2, -0.15) is 0 Å². The topological polar surface area (TPSA) is 68.0 Å². The normalized spacial score (nSPS) is 27.1. The van der Waals surface area contributed by atoms with Gasteiger partial charge in [-0.05, 0) is 31.1 Å². The molecule has 1 aromatic rings. The standard InChI is InChI=1S/C13H19N3OS.ClH/c1-13(2)6-8(13)11(17)16-12-15-9-4-3-7(14)5-10(9)18-12;/h7-8H,3-6,14H2,1-2H3,(H,15,16,17);1H/t7-,8?;/m0./s1. The maximum Gasteiger partial charge on any atom is 0.229 e. The Labute approximate surface area is 123 Å². The van der Waals surface area contributed by atoms with Gasteiger partial charge in [-0.1, -0.05) is 13.8 Å². The third-order valence-corrected chi connectivity index (χ3v) is 5.07. The first kappa shape index (κ1) is 14.8. The molecular formula is C13H20ClN3OS. The number of rotatable bonds is 2. The van der Waals surface area contributed by atoms with Gasteiger partial charge in [-0.15, -0.1) is 23.7 Å². The summed E-state index contributed by atoms with van der Waals surface area (Å²) in [5.74, 6) is 0.274. The molecule has 6 heteroatoms. The molecule has 0 spiro atoms. The van der Waals surface area contributed by atoms with Crippen molar-refractivity contribution in [1.82, 2.24) is 4.98 Å². The van der Waals surface area contributed by atoms with E-state index in [1.54, 1.807) is 11.3 Å². The molecule has 1 amide bonds. The van der Waals surface area contributed by atoms with E-state index in [2.05, 4.69) is 24.1 Å². The van der Waals surface area contributed by atoms with Crippen LogP contribution in [0.15, 0.2) is 0 Å². The van der Waals surface area contributed by atoms with Crippen molar-refractivity contribution in [3.8, 4) is 0 Å². The van der Waals surface area contributed by atoms with Crippen molar-refractivity contribution in [2.24, 2.45) is 17.1 Å². The summed E-state index contributed by atoms with van der Waals surface area (Å²) in [4.78, 5) is 17.8. The first-order chi connectivity index (χ1) is 8.45. The van der Waals surface area contributed by atoms with Gasteiger partial charge < -0.3 is 11.1 Å². The maximum atomic E-state index is 12.0. The monoisotopic (exact) mass is 301 g/mol. The number of thiazole rings is 1. The quantitative estimate of drug-likeness (QED) is 0.881. The van der Waals surface area contributed by atoms with E-state index >= 15 is 0 Å². The molecule has 4 nitrogen and oxygen atoms in total. The summed E-state index contributed by atoms with van der Waals surface area (Å²) in [5.41, 5.74) is 7.25. The fraction of sp³-hybridized carbons (Fsp3) is 0.692. The molecule has 1 heterocycles. The van der Waals surface area contributed by atoms with Gasteiger partial charge in [-0.25, -0.2) is 4.98 Å². The van der Waals surface area contributed by atoms with Crippen LogP contribution in [0.1, 0.15) is 37.3 Å². The minimum absolute atomic E-state index is 0. The van der Waals surface area contributed by atoms with Crippen molar-refractivity contribution >= 4 is 34.8 Å². The number of nitrogens with one attached hydrogen (secondary N) is 1. The molecule has 3 rings (SSSR count). The van der Waals surface area contributed by atoms with Crippen molar-refractivity contribution in [3.63, 3.8) is 0 Å². The van der Waals surface area contributed by atoms with Crippen molar-refractivity contribution < 1.29 is 4.79 Å². The Morgan fingerprint density at radius 3 is 2.84 bits per heavy atom. The van der Waals surface area contributed by atoms with Gasteiger partial charge >= 0.3 is 0 Å². The zero-order valence-corrected chi connectivity index (χ0v) is 12.9. The second-order valence-electron chi connectivity index (χ2n) is 6.13. The van der Waals surface area contributed by atoms with Crippen LogP contribution < -0.4 is 11.1 Å². The highest BCUT2D eigenvalue weighted by Gasteiger charge is 2.50. The Bertz CT molecular complexity index is 500. The van der Waals surface area contributed by atoms with Crippen LogP contribution in [0, 0.1) is 11.3 Å². The highest BCUT2D eigenvalue weighted by atomic mass is 35.5. The Kier molecular flexibility index (Phi) is 3.91. The molecule has 0 aromatic carbocycles. The minimum Gasteiger partial charge on any atom is -0.327 e. The lowest BCUT2D eigenvalue weighted by molar-refractivity contribution is -0.117. The van der Waals surface area contributed by atoms with E-state index in [1.807, 2.05) is 0 Å². The van der Waals surface area contributed by atoms with Crippen LogP contribution in [-0.4, -0.2) is 16.9 Å². The number of nitrogens with zero attached hydrogens (tertiary/aromatic N) is 1. The number of halogens is 1. The van der Waals surface area contributed by atoms with Gasteiger partial charge in [-0.3, -0.25) is 4.79 Å². The zero-order valence-electron chi connectivity index (χ0n) is 11.2. The first-order valence-electron chi connectivity index (χ1n) is 6.51. The van der Waals surface area contributed by atoms with Crippen LogP contribution in [0.2, 0.25) is 0 Å². The summed E-state index contributed by atoms with van der Waals surface area (Å²) in [6.45, 7) is 4.26. The third kappa shape index (κ3) is 2.93. The molecule has 19 heavy (non-hydrogen) atoms.